The smallest absolute Gasteiger partial charge is 0.182 e. The van der Waals surface area contributed by atoms with E-state index in [4.69, 9.17) is 17.5 Å². The van der Waals surface area contributed by atoms with Crippen LogP contribution < -0.4 is 0 Å². The molecule has 0 aliphatic rings. The summed E-state index contributed by atoms with van der Waals surface area (Å²) in [5.74, 6) is 0. The molecule has 0 aliphatic heterocycles. The molecule has 1 N–H and O–H groups in total. The molecular weight excluding hydrogens is 300 g/mol. The fraction of sp³-hybridized carbons (Fsp3) is 0. The van der Waals surface area contributed by atoms with E-state index < -0.39 is 0 Å². The lowest BCUT2D eigenvalue weighted by Gasteiger charge is -2.04. The Kier molecular flexibility index (Phi) is 2.64. The van der Waals surface area contributed by atoms with E-state index in [1.807, 2.05) is 34.3 Å². The molecule has 0 atom stereocenters. The minimum absolute atomic E-state index is 0.615. The monoisotopic (exact) mass is 308 g/mol. The van der Waals surface area contributed by atoms with Crippen LogP contribution in [0.25, 0.3) is 26.9 Å². The Balaban J connectivity index is 2.06. The van der Waals surface area contributed by atoms with Crippen LogP contribution in [0.5, 0.6) is 0 Å². The summed E-state index contributed by atoms with van der Waals surface area (Å²) >= 11 is 7.03. The van der Waals surface area contributed by atoms with E-state index in [1.54, 1.807) is 17.4 Å². The van der Waals surface area contributed by atoms with Crippen molar-refractivity contribution in [3.05, 3.63) is 52.2 Å². The van der Waals surface area contributed by atoms with Crippen LogP contribution in [0.2, 0.25) is 0 Å². The van der Waals surface area contributed by atoms with Gasteiger partial charge in [-0.1, -0.05) is 0 Å². The average Bonchev–Trinajstić information content (AvgIpc) is 3.08. The molecule has 0 saturated carbocycles. The lowest BCUT2D eigenvalue weighted by Crippen LogP contribution is -1.93. The van der Waals surface area contributed by atoms with Crippen LogP contribution >= 0.6 is 23.6 Å². The van der Waals surface area contributed by atoms with Gasteiger partial charge in [0.2, 0.25) is 0 Å². The van der Waals surface area contributed by atoms with Crippen molar-refractivity contribution in [2.24, 2.45) is 0 Å². The number of fused-ring (bicyclic) bond motifs is 2. The van der Waals surface area contributed by atoms with Gasteiger partial charge >= 0.3 is 0 Å². The first-order valence-electron chi connectivity index (χ1n) is 6.25. The summed E-state index contributed by atoms with van der Waals surface area (Å²) in [6.07, 6.45) is 0. The van der Waals surface area contributed by atoms with E-state index in [0.717, 1.165) is 26.9 Å². The van der Waals surface area contributed by atoms with Gasteiger partial charge in [-0.05, 0) is 48.6 Å². The zero-order chi connectivity index (χ0) is 14.4. The Hall–Kier alpha value is -2.49. The number of H-pyrrole nitrogens is 1. The number of benzene rings is 2. The van der Waals surface area contributed by atoms with Crippen molar-refractivity contribution in [3.63, 3.8) is 0 Å². The van der Waals surface area contributed by atoms with Gasteiger partial charge in [0.15, 0.2) is 4.77 Å². The molecule has 2 heterocycles. The van der Waals surface area contributed by atoms with Crippen LogP contribution in [0.3, 0.4) is 0 Å². The Morgan fingerprint density at radius 3 is 3.00 bits per heavy atom. The van der Waals surface area contributed by atoms with E-state index in [9.17, 15) is 0 Å². The molecule has 0 amide bonds. The molecular formula is C15H8N4S2. The second-order valence-corrected chi connectivity index (χ2v) is 5.89. The largest absolute Gasteiger partial charge is 0.330 e. The van der Waals surface area contributed by atoms with Crippen LogP contribution in [-0.4, -0.2) is 14.5 Å². The van der Waals surface area contributed by atoms with Crippen molar-refractivity contribution in [1.82, 2.24) is 14.5 Å². The Morgan fingerprint density at radius 2 is 2.14 bits per heavy atom. The van der Waals surface area contributed by atoms with Gasteiger partial charge in [0, 0.05) is 5.69 Å². The normalized spacial score (nSPS) is 11.0. The molecule has 0 unspecified atom stereocenters. The molecule has 0 radical (unpaired) electrons. The lowest BCUT2D eigenvalue weighted by atomic mass is 10.2. The Bertz CT molecular complexity index is 1080. The predicted octanol–water partition coefficient (Wildman–Crippen LogP) is 4.17. The highest BCUT2D eigenvalue weighted by molar-refractivity contribution is 7.71. The highest BCUT2D eigenvalue weighted by Crippen LogP contribution is 2.25. The maximum Gasteiger partial charge on any atom is 0.182 e. The summed E-state index contributed by atoms with van der Waals surface area (Å²) < 4.78 is 3.68. The average molecular weight is 308 g/mol. The zero-order valence-electron chi connectivity index (χ0n) is 10.7. The molecule has 21 heavy (non-hydrogen) atoms. The van der Waals surface area contributed by atoms with E-state index in [2.05, 4.69) is 22.1 Å². The summed E-state index contributed by atoms with van der Waals surface area (Å²) in [5, 5.41) is 9.08. The van der Waals surface area contributed by atoms with Crippen LogP contribution in [-0.2, 0) is 0 Å². The van der Waals surface area contributed by atoms with Gasteiger partial charge in [-0.25, -0.2) is 4.98 Å². The number of hydrogen-bond donors (Lipinski definition) is 1. The number of aromatic amines is 1. The van der Waals surface area contributed by atoms with Crippen molar-refractivity contribution in [2.45, 2.75) is 0 Å². The number of nitrogens with one attached hydrogen (secondary N) is 1. The number of nitrogens with zero attached hydrogens (tertiary/aromatic N) is 3. The third-order valence-electron chi connectivity index (χ3n) is 3.39. The minimum atomic E-state index is 0.615. The first-order valence-corrected chi connectivity index (χ1v) is 7.53. The van der Waals surface area contributed by atoms with Crippen LogP contribution in [0, 0.1) is 16.1 Å². The summed E-state index contributed by atoms with van der Waals surface area (Å²) in [5.41, 5.74) is 6.22. The molecule has 2 aromatic heterocycles. The highest BCUT2D eigenvalue weighted by Gasteiger charge is 2.08. The van der Waals surface area contributed by atoms with Gasteiger partial charge in [0.25, 0.3) is 0 Å². The second kappa shape index (κ2) is 4.52. The number of thiazole rings is 1. The van der Waals surface area contributed by atoms with Crippen LogP contribution in [0.15, 0.2) is 41.9 Å². The highest BCUT2D eigenvalue weighted by atomic mass is 32.1. The SMILES string of the molecule is N#Cc1ccc2[nH]c(=S)n(-c3ccc4ncsc4c3)c2c1. The molecule has 6 heteroatoms. The molecule has 0 fully saturated rings. The van der Waals surface area contributed by atoms with Gasteiger partial charge in [-0.3, -0.25) is 4.57 Å². The molecule has 0 spiro atoms. The van der Waals surface area contributed by atoms with Gasteiger partial charge in [-0.15, -0.1) is 11.3 Å². The predicted molar refractivity (Wildman–Crippen MR) is 86.4 cm³/mol. The molecule has 4 nitrogen and oxygen atoms in total. The molecule has 4 rings (SSSR count). The minimum Gasteiger partial charge on any atom is -0.330 e. The third kappa shape index (κ3) is 1.87. The first kappa shape index (κ1) is 12.3. The number of hydrogen-bond acceptors (Lipinski definition) is 4. The first-order chi connectivity index (χ1) is 10.3. The summed E-state index contributed by atoms with van der Waals surface area (Å²) in [7, 11) is 0. The standard InChI is InChI=1S/C15H8N4S2/c16-7-9-1-3-11-13(5-9)19(15(20)18-11)10-2-4-12-14(6-10)21-8-17-12/h1-6,8H,(H,18,20). The lowest BCUT2D eigenvalue weighted by molar-refractivity contribution is 1.07. The summed E-state index contributed by atoms with van der Waals surface area (Å²) in [4.78, 5) is 7.46. The second-order valence-electron chi connectivity index (χ2n) is 4.61. The van der Waals surface area contributed by atoms with E-state index in [-0.39, 0.29) is 0 Å². The fourth-order valence-electron chi connectivity index (χ4n) is 2.41. The van der Waals surface area contributed by atoms with Gasteiger partial charge in [0.05, 0.1) is 38.4 Å². The van der Waals surface area contributed by atoms with Gasteiger partial charge in [-0.2, -0.15) is 5.26 Å². The molecule has 100 valence electrons. The molecule has 0 saturated heterocycles. The quantitative estimate of drug-likeness (QED) is 0.537. The maximum atomic E-state index is 9.08. The Morgan fingerprint density at radius 1 is 1.24 bits per heavy atom. The van der Waals surface area contributed by atoms with E-state index >= 15 is 0 Å². The maximum absolute atomic E-state index is 9.08. The molecule has 0 bridgehead atoms. The number of rotatable bonds is 1. The number of aromatic nitrogens is 3. The van der Waals surface area contributed by atoms with Gasteiger partial charge in [0.1, 0.15) is 0 Å². The van der Waals surface area contributed by atoms with Crippen molar-refractivity contribution in [3.8, 4) is 11.8 Å². The molecule has 0 aliphatic carbocycles. The fourth-order valence-corrected chi connectivity index (χ4v) is 3.44. The third-order valence-corrected chi connectivity index (χ3v) is 4.46. The number of nitriles is 1. The molecule has 4 aromatic rings. The summed E-state index contributed by atoms with van der Waals surface area (Å²) in [6, 6.07) is 13.7. The van der Waals surface area contributed by atoms with E-state index in [0.29, 0.717) is 10.3 Å². The Labute approximate surface area is 128 Å². The van der Waals surface area contributed by atoms with Crippen molar-refractivity contribution < 1.29 is 0 Å². The van der Waals surface area contributed by atoms with E-state index in [1.165, 1.54) is 0 Å². The zero-order valence-corrected chi connectivity index (χ0v) is 12.3. The number of imidazole rings is 1. The summed E-state index contributed by atoms with van der Waals surface area (Å²) in [6.45, 7) is 0. The van der Waals surface area contributed by atoms with Crippen LogP contribution in [0.1, 0.15) is 5.56 Å². The van der Waals surface area contributed by atoms with Crippen molar-refractivity contribution in [1.29, 1.82) is 5.26 Å². The van der Waals surface area contributed by atoms with Crippen LogP contribution in [0.4, 0.5) is 0 Å². The van der Waals surface area contributed by atoms with Crippen molar-refractivity contribution >= 4 is 44.8 Å². The topological polar surface area (TPSA) is 57.4 Å². The van der Waals surface area contributed by atoms with Crippen molar-refractivity contribution in [2.75, 3.05) is 0 Å². The van der Waals surface area contributed by atoms with Gasteiger partial charge < -0.3 is 4.98 Å². The molecule has 2 aromatic carbocycles.